The Bertz CT molecular complexity index is 2010. The third kappa shape index (κ3) is 6.49. The summed E-state index contributed by atoms with van der Waals surface area (Å²) < 4.78 is 50.9. The Kier molecular flexibility index (Phi) is 9.70. The molecule has 11 nitrogen and oxygen atoms in total. The number of aliphatic hydroxyl groups excluding tert-OH is 1. The number of nitrogens with two attached hydrogens (primary N) is 1. The van der Waals surface area contributed by atoms with Crippen LogP contribution >= 0.6 is 11.3 Å². The predicted octanol–water partition coefficient (Wildman–Crippen LogP) is 5.62. The Labute approximate surface area is 312 Å². The predicted molar refractivity (Wildman–Crippen MR) is 201 cm³/mol. The molecule has 2 aromatic heterocycles. The van der Waals surface area contributed by atoms with Gasteiger partial charge in [0.1, 0.15) is 28.2 Å². The summed E-state index contributed by atoms with van der Waals surface area (Å²) in [6.07, 6.45) is 6.03. The lowest BCUT2D eigenvalue weighted by Crippen LogP contribution is -2.55. The highest BCUT2D eigenvalue weighted by atomic mass is 32.1. The van der Waals surface area contributed by atoms with Gasteiger partial charge in [0.2, 0.25) is 0 Å². The minimum absolute atomic E-state index is 0.0314. The Morgan fingerprint density at radius 2 is 1.91 bits per heavy atom. The molecule has 282 valence electrons. The summed E-state index contributed by atoms with van der Waals surface area (Å²) in [5.41, 5.74) is 8.09. The number of allylic oxidation sites excluding steroid dienone is 1. The zero-order chi connectivity index (χ0) is 37.2. The van der Waals surface area contributed by atoms with Crippen molar-refractivity contribution in [1.82, 2.24) is 19.8 Å². The number of fused-ring (bicyclic) bond motifs is 5. The first kappa shape index (κ1) is 36.3. The van der Waals surface area contributed by atoms with Crippen molar-refractivity contribution in [1.29, 1.82) is 5.26 Å². The van der Waals surface area contributed by atoms with Crippen LogP contribution in [0.4, 0.5) is 19.6 Å². The Hall–Kier alpha value is -3.71. The Morgan fingerprint density at radius 3 is 2.55 bits per heavy atom. The molecule has 14 heteroatoms. The number of hydrogen-bond donors (Lipinski definition) is 2. The fourth-order valence-electron chi connectivity index (χ4n) is 9.04. The lowest BCUT2D eigenvalue weighted by atomic mass is 9.88. The fourth-order valence-corrected chi connectivity index (χ4v) is 10.1. The Morgan fingerprint density at radius 1 is 1.17 bits per heavy atom. The summed E-state index contributed by atoms with van der Waals surface area (Å²) in [5.74, 6) is -0.593. The molecule has 2 bridgehead atoms. The van der Waals surface area contributed by atoms with Crippen LogP contribution in [-0.4, -0.2) is 102 Å². The minimum atomic E-state index is -0.646. The van der Waals surface area contributed by atoms with Gasteiger partial charge in [-0.2, -0.15) is 15.2 Å². The van der Waals surface area contributed by atoms with Gasteiger partial charge in [0.15, 0.2) is 5.82 Å². The molecule has 0 amide bonds. The van der Waals surface area contributed by atoms with Crippen LogP contribution in [-0.2, 0) is 22.7 Å². The number of piperazine rings is 1. The second-order valence-corrected chi connectivity index (χ2v) is 16.5. The Balaban J connectivity index is 1.24. The second kappa shape index (κ2) is 14.2. The molecule has 1 aromatic carbocycles. The quantitative estimate of drug-likeness (QED) is 0.239. The number of hydrogen-bond acceptors (Lipinski definition) is 12. The van der Waals surface area contributed by atoms with Gasteiger partial charge in [0, 0.05) is 75.0 Å². The molecule has 1 aliphatic carbocycles. The first-order valence-electron chi connectivity index (χ1n) is 18.6. The summed E-state index contributed by atoms with van der Waals surface area (Å²) in [7, 11) is 1.76. The first-order valence-corrected chi connectivity index (χ1v) is 19.4. The van der Waals surface area contributed by atoms with Crippen molar-refractivity contribution >= 4 is 44.5 Å². The number of likely N-dealkylation sites (tertiary alicyclic amines) is 2. The van der Waals surface area contributed by atoms with Crippen LogP contribution < -0.4 is 15.4 Å². The lowest BCUT2D eigenvalue weighted by molar-refractivity contribution is 0.100. The third-order valence-electron chi connectivity index (χ3n) is 11.8. The van der Waals surface area contributed by atoms with Crippen LogP contribution in [0, 0.1) is 22.6 Å². The lowest BCUT2D eigenvalue weighted by Gasteiger charge is -2.42. The van der Waals surface area contributed by atoms with Crippen LogP contribution in [0.15, 0.2) is 12.7 Å². The summed E-state index contributed by atoms with van der Waals surface area (Å²) in [6, 6.07) is 2.40. The number of rotatable bonds is 12. The average Bonchev–Trinajstić information content (AvgIpc) is 3.47. The molecule has 4 atom stereocenters. The van der Waals surface area contributed by atoms with Crippen LogP contribution in [0.2, 0.25) is 0 Å². The zero-order valence-electron chi connectivity index (χ0n) is 30.6. The van der Waals surface area contributed by atoms with E-state index in [9.17, 15) is 10.4 Å². The van der Waals surface area contributed by atoms with E-state index in [1.165, 1.54) is 6.08 Å². The molecule has 8 rings (SSSR count). The van der Waals surface area contributed by atoms with Crippen molar-refractivity contribution in [2.75, 3.05) is 63.6 Å². The van der Waals surface area contributed by atoms with E-state index in [0.29, 0.717) is 29.9 Å². The summed E-state index contributed by atoms with van der Waals surface area (Å²) in [5, 5.41) is 21.0. The number of aliphatic hydroxyl groups is 1. The zero-order valence-corrected chi connectivity index (χ0v) is 31.4. The molecule has 53 heavy (non-hydrogen) atoms. The molecule has 1 saturated carbocycles. The summed E-state index contributed by atoms with van der Waals surface area (Å²) >= 11 is 0.941. The van der Waals surface area contributed by atoms with Gasteiger partial charge in [-0.05, 0) is 62.7 Å². The van der Waals surface area contributed by atoms with Gasteiger partial charge in [0.25, 0.3) is 0 Å². The molecule has 6 heterocycles. The SMILES string of the molecule is C=C(c1c(/C(F)=C\C)sc(N)c1C#N)c1c2c(c3c(N4C5CCC4CN(CC(C)O)C5)nc(OCC4(CN5CCC(OC)C5)CC4)nc3c1F)COC2. The highest BCUT2D eigenvalue weighted by molar-refractivity contribution is 7.17. The van der Waals surface area contributed by atoms with Crippen molar-refractivity contribution < 1.29 is 28.1 Å². The van der Waals surface area contributed by atoms with Gasteiger partial charge in [-0.25, -0.2) is 8.78 Å². The maximum absolute atomic E-state index is 17.5. The van der Waals surface area contributed by atoms with Gasteiger partial charge in [-0.15, -0.1) is 11.3 Å². The van der Waals surface area contributed by atoms with Crippen LogP contribution in [0.5, 0.6) is 6.01 Å². The van der Waals surface area contributed by atoms with E-state index in [1.54, 1.807) is 21.0 Å². The number of halogens is 2. The molecule has 3 saturated heterocycles. The normalized spacial score (nSPS) is 24.5. The van der Waals surface area contributed by atoms with E-state index in [4.69, 9.17) is 29.9 Å². The highest BCUT2D eigenvalue weighted by Crippen LogP contribution is 2.50. The molecule has 5 aliphatic rings. The third-order valence-corrected chi connectivity index (χ3v) is 12.8. The number of ether oxygens (including phenoxy) is 3. The summed E-state index contributed by atoms with van der Waals surface area (Å²) in [4.78, 5) is 17.1. The van der Waals surface area contributed by atoms with E-state index in [2.05, 4.69) is 27.3 Å². The molecule has 0 spiro atoms. The molecular weight excluding hydrogens is 701 g/mol. The van der Waals surface area contributed by atoms with Crippen LogP contribution in [0.1, 0.15) is 78.6 Å². The van der Waals surface area contributed by atoms with Gasteiger partial charge in [-0.3, -0.25) is 9.80 Å². The number of β-amino-alcohol motifs (C(OH)–C–C–N with tert-alkyl or cyclic N) is 1. The molecule has 4 aliphatic heterocycles. The highest BCUT2D eigenvalue weighted by Gasteiger charge is 2.47. The number of aromatic nitrogens is 2. The van der Waals surface area contributed by atoms with Gasteiger partial charge < -0.3 is 30.0 Å². The van der Waals surface area contributed by atoms with E-state index in [0.717, 1.165) is 81.7 Å². The fraction of sp³-hybridized carbons (Fsp3) is 0.564. The van der Waals surface area contributed by atoms with Crippen molar-refractivity contribution in [3.05, 3.63) is 51.2 Å². The van der Waals surface area contributed by atoms with E-state index in [1.807, 2.05) is 0 Å². The number of nitriles is 1. The molecule has 4 fully saturated rings. The van der Waals surface area contributed by atoms with Crippen molar-refractivity contribution in [3.8, 4) is 12.1 Å². The average molecular weight is 748 g/mol. The van der Waals surface area contributed by atoms with Crippen LogP contribution in [0.3, 0.4) is 0 Å². The van der Waals surface area contributed by atoms with E-state index >= 15 is 8.78 Å². The monoisotopic (exact) mass is 747 g/mol. The largest absolute Gasteiger partial charge is 0.463 e. The smallest absolute Gasteiger partial charge is 0.319 e. The molecule has 0 radical (unpaired) electrons. The number of thiophene rings is 1. The second-order valence-electron chi connectivity index (χ2n) is 15.5. The molecule has 3 aromatic rings. The maximum Gasteiger partial charge on any atom is 0.319 e. The van der Waals surface area contributed by atoms with Gasteiger partial charge in [-0.1, -0.05) is 12.7 Å². The first-order chi connectivity index (χ1) is 25.5. The van der Waals surface area contributed by atoms with Crippen molar-refractivity contribution in [2.24, 2.45) is 5.41 Å². The number of nitrogens with zero attached hydrogens (tertiary/aromatic N) is 6. The topological polar surface area (TPSA) is 133 Å². The minimum Gasteiger partial charge on any atom is -0.463 e. The van der Waals surface area contributed by atoms with Crippen molar-refractivity contribution in [2.45, 2.75) is 83.5 Å². The molecular formula is C39H47F2N7O4S. The number of nitrogen functional groups attached to an aromatic ring is 1. The van der Waals surface area contributed by atoms with Gasteiger partial charge in [0.05, 0.1) is 47.9 Å². The molecule has 4 unspecified atom stereocenters. The molecule has 3 N–H and O–H groups in total. The standard InChI is InChI=1S/C39H47F2N7O4S/c1-5-29(40)35-31(26(12-42)36(43)53-35)22(3)30-27-17-51-18-28(27)32-34(33(30)41)44-38(52-20-39(9-10-39)19-46-11-8-25(16-46)50-4)45-37(32)48-23-6-7-24(48)15-47(14-23)13-21(2)49/h5,21,23-25,49H,3,6-11,13-20,43H2,1-2,4H3/b29-5+. The number of methoxy groups -OCH3 is 1. The summed E-state index contributed by atoms with van der Waals surface area (Å²) in [6.45, 7) is 13.2. The van der Waals surface area contributed by atoms with E-state index < -0.39 is 17.7 Å². The number of benzene rings is 1. The maximum atomic E-state index is 17.5. The van der Waals surface area contributed by atoms with Crippen LogP contribution in [0.25, 0.3) is 22.3 Å². The van der Waals surface area contributed by atoms with Crippen molar-refractivity contribution in [3.63, 3.8) is 0 Å². The van der Waals surface area contributed by atoms with Gasteiger partial charge >= 0.3 is 6.01 Å². The van der Waals surface area contributed by atoms with E-state index in [-0.39, 0.29) is 80.5 Å². The number of anilines is 2.